The third-order valence-electron chi connectivity index (χ3n) is 2.98. The molecule has 0 saturated heterocycles. The van der Waals surface area contributed by atoms with E-state index >= 15 is 0 Å². The van der Waals surface area contributed by atoms with Crippen molar-refractivity contribution >= 4 is 17.4 Å². The molecular formula is C15H18N4O2. The van der Waals surface area contributed by atoms with Gasteiger partial charge in [0.25, 0.3) is 0 Å². The van der Waals surface area contributed by atoms with Crippen molar-refractivity contribution in [3.63, 3.8) is 0 Å². The highest BCUT2D eigenvalue weighted by Crippen LogP contribution is 2.19. The van der Waals surface area contributed by atoms with Crippen LogP contribution in [0.3, 0.4) is 0 Å². The van der Waals surface area contributed by atoms with Crippen LogP contribution >= 0.6 is 0 Å². The molecule has 0 unspecified atom stereocenters. The van der Waals surface area contributed by atoms with E-state index in [0.29, 0.717) is 17.1 Å². The fraction of sp³-hybridized carbons (Fsp3) is 0.267. The second-order valence-corrected chi connectivity index (χ2v) is 4.70. The van der Waals surface area contributed by atoms with Crippen LogP contribution in [0.5, 0.6) is 6.01 Å². The zero-order chi connectivity index (χ0) is 15.4. The lowest BCUT2D eigenvalue weighted by atomic mass is 10.2. The van der Waals surface area contributed by atoms with Gasteiger partial charge >= 0.3 is 12.0 Å². The number of carbonyl (C=O) groups is 1. The van der Waals surface area contributed by atoms with E-state index in [9.17, 15) is 4.79 Å². The minimum atomic E-state index is -0.334. The van der Waals surface area contributed by atoms with E-state index in [2.05, 4.69) is 20.6 Å². The maximum absolute atomic E-state index is 12.0. The summed E-state index contributed by atoms with van der Waals surface area (Å²) in [6.45, 7) is 5.57. The van der Waals surface area contributed by atoms with Crippen molar-refractivity contribution in [2.24, 2.45) is 0 Å². The first-order valence-electron chi connectivity index (χ1n) is 6.53. The van der Waals surface area contributed by atoms with E-state index in [0.717, 1.165) is 11.3 Å². The maximum atomic E-state index is 12.0. The summed E-state index contributed by atoms with van der Waals surface area (Å²) < 4.78 is 4.99. The number of rotatable bonds is 3. The highest BCUT2D eigenvalue weighted by atomic mass is 16.5. The summed E-state index contributed by atoms with van der Waals surface area (Å²) in [7, 11) is 1.51. The Labute approximate surface area is 123 Å². The standard InChI is InChI=1S/C15H18N4O2/c1-9-5-7-12(8-6-9)18-14(20)19-13-10(2)16-15(21-4)17-11(13)3/h5-8H,1-4H3,(H2,18,19,20). The molecule has 2 amide bonds. The number of anilines is 2. The van der Waals surface area contributed by atoms with Gasteiger partial charge in [0.2, 0.25) is 0 Å². The molecular weight excluding hydrogens is 268 g/mol. The lowest BCUT2D eigenvalue weighted by molar-refractivity contribution is 0.262. The lowest BCUT2D eigenvalue weighted by Crippen LogP contribution is -2.21. The van der Waals surface area contributed by atoms with Gasteiger partial charge < -0.3 is 15.4 Å². The molecule has 6 heteroatoms. The van der Waals surface area contributed by atoms with Crippen molar-refractivity contribution in [1.29, 1.82) is 0 Å². The minimum Gasteiger partial charge on any atom is -0.467 e. The molecule has 0 aliphatic carbocycles. The monoisotopic (exact) mass is 286 g/mol. The van der Waals surface area contributed by atoms with Crippen LogP contribution in [0.25, 0.3) is 0 Å². The minimum absolute atomic E-state index is 0.287. The van der Waals surface area contributed by atoms with Gasteiger partial charge in [-0.25, -0.2) is 4.79 Å². The Morgan fingerprint density at radius 2 is 1.57 bits per heavy atom. The number of aromatic nitrogens is 2. The second kappa shape index (κ2) is 6.21. The Kier molecular flexibility index (Phi) is 4.37. The molecule has 0 bridgehead atoms. The first-order valence-corrected chi connectivity index (χ1v) is 6.53. The summed E-state index contributed by atoms with van der Waals surface area (Å²) in [5.41, 5.74) is 3.75. The quantitative estimate of drug-likeness (QED) is 0.909. The fourth-order valence-electron chi connectivity index (χ4n) is 1.87. The molecule has 2 rings (SSSR count). The van der Waals surface area contributed by atoms with Crippen molar-refractivity contribution in [3.8, 4) is 6.01 Å². The molecule has 0 fully saturated rings. The first kappa shape index (κ1) is 14.8. The van der Waals surface area contributed by atoms with Crippen LogP contribution in [0.4, 0.5) is 16.2 Å². The Morgan fingerprint density at radius 3 is 2.10 bits per heavy atom. The Bertz CT molecular complexity index is 630. The number of hydrogen-bond acceptors (Lipinski definition) is 4. The Morgan fingerprint density at radius 1 is 1.00 bits per heavy atom. The van der Waals surface area contributed by atoms with Crippen LogP contribution < -0.4 is 15.4 Å². The number of ether oxygens (including phenoxy) is 1. The first-order chi connectivity index (χ1) is 9.99. The Balaban J connectivity index is 2.11. The van der Waals surface area contributed by atoms with Gasteiger partial charge in [0, 0.05) is 5.69 Å². The van der Waals surface area contributed by atoms with Gasteiger partial charge in [0.05, 0.1) is 24.2 Å². The summed E-state index contributed by atoms with van der Waals surface area (Å²) in [6, 6.07) is 7.51. The van der Waals surface area contributed by atoms with Crippen LogP contribution in [0, 0.1) is 20.8 Å². The molecule has 1 heterocycles. The molecule has 21 heavy (non-hydrogen) atoms. The van der Waals surface area contributed by atoms with Crippen LogP contribution in [0.15, 0.2) is 24.3 Å². The largest absolute Gasteiger partial charge is 0.467 e. The molecule has 2 aromatic rings. The van der Waals surface area contributed by atoms with Gasteiger partial charge in [-0.1, -0.05) is 17.7 Å². The SMILES string of the molecule is COc1nc(C)c(NC(=O)Nc2ccc(C)cc2)c(C)n1. The number of hydrogen-bond donors (Lipinski definition) is 2. The predicted molar refractivity (Wildman–Crippen MR) is 81.9 cm³/mol. The highest BCUT2D eigenvalue weighted by Gasteiger charge is 2.11. The van der Waals surface area contributed by atoms with Crippen LogP contribution in [0.1, 0.15) is 17.0 Å². The molecule has 0 radical (unpaired) electrons. The van der Waals surface area contributed by atoms with Gasteiger partial charge in [0.1, 0.15) is 0 Å². The van der Waals surface area contributed by atoms with Gasteiger partial charge in [-0.05, 0) is 32.9 Å². The van der Waals surface area contributed by atoms with Crippen molar-refractivity contribution < 1.29 is 9.53 Å². The molecule has 0 aliphatic rings. The number of methoxy groups -OCH3 is 1. The smallest absolute Gasteiger partial charge is 0.323 e. The number of urea groups is 1. The zero-order valence-corrected chi connectivity index (χ0v) is 12.5. The topological polar surface area (TPSA) is 76.1 Å². The summed E-state index contributed by atoms with van der Waals surface area (Å²) >= 11 is 0. The average molecular weight is 286 g/mol. The van der Waals surface area contributed by atoms with E-state index in [-0.39, 0.29) is 12.0 Å². The maximum Gasteiger partial charge on any atom is 0.323 e. The van der Waals surface area contributed by atoms with Crippen molar-refractivity contribution in [1.82, 2.24) is 9.97 Å². The molecule has 0 aliphatic heterocycles. The number of amides is 2. The lowest BCUT2D eigenvalue weighted by Gasteiger charge is -2.12. The third kappa shape index (κ3) is 3.68. The number of aryl methyl sites for hydroxylation is 3. The van der Waals surface area contributed by atoms with Crippen LogP contribution in [0.2, 0.25) is 0 Å². The fourth-order valence-corrected chi connectivity index (χ4v) is 1.87. The number of benzene rings is 1. The van der Waals surface area contributed by atoms with E-state index in [1.807, 2.05) is 31.2 Å². The molecule has 2 N–H and O–H groups in total. The van der Waals surface area contributed by atoms with Crippen LogP contribution in [-0.4, -0.2) is 23.1 Å². The van der Waals surface area contributed by atoms with Gasteiger partial charge in [0.15, 0.2) is 0 Å². The number of nitrogens with one attached hydrogen (secondary N) is 2. The van der Waals surface area contributed by atoms with Crippen molar-refractivity contribution in [2.75, 3.05) is 17.7 Å². The van der Waals surface area contributed by atoms with E-state index in [1.54, 1.807) is 13.8 Å². The summed E-state index contributed by atoms with van der Waals surface area (Å²) in [5.74, 6) is 0. The Hall–Kier alpha value is -2.63. The molecule has 0 saturated carbocycles. The van der Waals surface area contributed by atoms with E-state index in [1.165, 1.54) is 7.11 Å². The normalized spacial score (nSPS) is 10.1. The van der Waals surface area contributed by atoms with E-state index < -0.39 is 0 Å². The predicted octanol–water partition coefficient (Wildman–Crippen LogP) is 3.05. The molecule has 6 nitrogen and oxygen atoms in total. The van der Waals surface area contributed by atoms with Gasteiger partial charge in [-0.15, -0.1) is 0 Å². The van der Waals surface area contributed by atoms with Gasteiger partial charge in [-0.3, -0.25) is 0 Å². The van der Waals surface area contributed by atoms with E-state index in [4.69, 9.17) is 4.74 Å². The highest BCUT2D eigenvalue weighted by molar-refractivity contribution is 6.00. The van der Waals surface area contributed by atoms with Crippen molar-refractivity contribution in [2.45, 2.75) is 20.8 Å². The summed E-state index contributed by atoms with van der Waals surface area (Å²) in [5, 5.41) is 5.53. The molecule has 110 valence electrons. The zero-order valence-electron chi connectivity index (χ0n) is 12.5. The second-order valence-electron chi connectivity index (χ2n) is 4.70. The molecule has 1 aromatic heterocycles. The molecule has 0 atom stereocenters. The van der Waals surface area contributed by atoms with Gasteiger partial charge in [-0.2, -0.15) is 9.97 Å². The summed E-state index contributed by atoms with van der Waals surface area (Å²) in [4.78, 5) is 20.3. The summed E-state index contributed by atoms with van der Waals surface area (Å²) in [6.07, 6.45) is 0. The average Bonchev–Trinajstić information content (AvgIpc) is 2.45. The molecule has 0 spiro atoms. The number of carbonyl (C=O) groups excluding carboxylic acids is 1. The number of nitrogens with zero attached hydrogens (tertiary/aromatic N) is 2. The van der Waals surface area contributed by atoms with Crippen LogP contribution in [-0.2, 0) is 0 Å². The third-order valence-corrected chi connectivity index (χ3v) is 2.98. The van der Waals surface area contributed by atoms with Crippen molar-refractivity contribution in [3.05, 3.63) is 41.2 Å². The molecule has 1 aromatic carbocycles.